The molecule has 0 saturated heterocycles. The lowest BCUT2D eigenvalue weighted by Gasteiger charge is -2.14. The van der Waals surface area contributed by atoms with E-state index in [1.54, 1.807) is 17.5 Å². The zero-order valence-corrected chi connectivity index (χ0v) is 15.2. The Morgan fingerprint density at radius 2 is 1.88 bits per heavy atom. The monoisotopic (exact) mass is 351 g/mol. The summed E-state index contributed by atoms with van der Waals surface area (Å²) in [7, 11) is 3.68. The Hall–Kier alpha value is -2.99. The van der Waals surface area contributed by atoms with Gasteiger partial charge in [0.15, 0.2) is 0 Å². The topological polar surface area (TPSA) is 67.9 Å². The summed E-state index contributed by atoms with van der Waals surface area (Å²) in [6.07, 6.45) is 0. The number of hydrogen-bond acceptors (Lipinski definition) is 3. The molecule has 2 N–H and O–H groups in total. The molecule has 1 atom stereocenters. The average molecular weight is 351 g/mol. The number of quaternary nitrogens is 1. The number of carbonyl (C=O) groups is 1. The molecule has 2 heterocycles. The van der Waals surface area contributed by atoms with Gasteiger partial charge >= 0.3 is 0 Å². The van der Waals surface area contributed by atoms with Crippen LogP contribution in [0.2, 0.25) is 0 Å². The van der Waals surface area contributed by atoms with Gasteiger partial charge < -0.3 is 10.2 Å². The molecule has 0 radical (unpaired) electrons. The maximum absolute atomic E-state index is 12.4. The minimum Gasteiger partial charge on any atom is -0.355 e. The van der Waals surface area contributed by atoms with Gasteiger partial charge in [0.2, 0.25) is 0 Å². The summed E-state index contributed by atoms with van der Waals surface area (Å²) in [6.45, 7) is 3.33. The van der Waals surface area contributed by atoms with Crippen LogP contribution >= 0.6 is 0 Å². The molecule has 0 spiro atoms. The van der Waals surface area contributed by atoms with E-state index < -0.39 is 0 Å². The zero-order chi connectivity index (χ0) is 18.7. The predicted octanol–water partition coefficient (Wildman–Crippen LogP) is 0.577. The van der Waals surface area contributed by atoms with Gasteiger partial charge in [-0.2, -0.15) is 0 Å². The number of carbonyl (C=O) groups excluding carboxylic acids is 1. The third kappa shape index (κ3) is 3.81. The molecule has 1 aromatic carbocycles. The molecule has 0 aliphatic carbocycles. The zero-order valence-electron chi connectivity index (χ0n) is 15.2. The fourth-order valence-corrected chi connectivity index (χ4v) is 3.09. The molecule has 0 aliphatic rings. The second kappa shape index (κ2) is 7.49. The highest BCUT2D eigenvalue weighted by molar-refractivity contribution is 5.93. The van der Waals surface area contributed by atoms with E-state index in [2.05, 4.69) is 17.3 Å². The number of aryl methyl sites for hydroxylation is 1. The van der Waals surface area contributed by atoms with Gasteiger partial charge in [0.05, 0.1) is 7.05 Å². The quantitative estimate of drug-likeness (QED) is 0.707. The van der Waals surface area contributed by atoms with E-state index in [0.717, 1.165) is 23.5 Å². The normalized spacial score (nSPS) is 12.1. The Labute approximate surface area is 152 Å². The molecule has 0 bridgehead atoms. The molecular weight excluding hydrogens is 328 g/mol. The molecule has 3 rings (SSSR count). The van der Waals surface area contributed by atoms with E-state index in [-0.39, 0.29) is 11.5 Å². The highest BCUT2D eigenvalue weighted by Crippen LogP contribution is 2.04. The third-order valence-electron chi connectivity index (χ3n) is 4.37. The lowest BCUT2D eigenvalue weighted by Crippen LogP contribution is -3.06. The van der Waals surface area contributed by atoms with Crippen LogP contribution in [0.4, 0.5) is 0 Å². The summed E-state index contributed by atoms with van der Waals surface area (Å²) in [4.78, 5) is 29.8. The van der Waals surface area contributed by atoms with Crippen LogP contribution in [0.3, 0.4) is 0 Å². The van der Waals surface area contributed by atoms with Crippen molar-refractivity contribution >= 4 is 11.6 Å². The van der Waals surface area contributed by atoms with Gasteiger partial charge in [-0.1, -0.05) is 18.2 Å². The van der Waals surface area contributed by atoms with Gasteiger partial charge in [0.25, 0.3) is 11.5 Å². The van der Waals surface area contributed by atoms with Crippen molar-refractivity contribution in [2.24, 2.45) is 0 Å². The standard InChI is InChI=1S/C20H22N4O2/c1-14-5-4-6-18-22-17(11-19(25)24(14)18)13-23(3)12-15-7-9-16(10-8-15)20(26)21-2/h4-11H,12-13H2,1-3H3,(H,21,26)/p+1. The molecule has 26 heavy (non-hydrogen) atoms. The number of aromatic nitrogens is 2. The van der Waals surface area contributed by atoms with Gasteiger partial charge in [0.1, 0.15) is 24.4 Å². The molecular formula is C20H23N4O2+. The second-order valence-corrected chi connectivity index (χ2v) is 6.53. The fourth-order valence-electron chi connectivity index (χ4n) is 3.09. The number of amides is 1. The summed E-state index contributed by atoms with van der Waals surface area (Å²) in [5, 5.41) is 2.61. The largest absolute Gasteiger partial charge is 0.355 e. The molecule has 1 amide bonds. The number of benzene rings is 1. The van der Waals surface area contributed by atoms with E-state index in [4.69, 9.17) is 0 Å². The first-order valence-electron chi connectivity index (χ1n) is 8.58. The van der Waals surface area contributed by atoms with Crippen LogP contribution in [0.5, 0.6) is 0 Å². The summed E-state index contributed by atoms with van der Waals surface area (Å²) < 4.78 is 1.62. The van der Waals surface area contributed by atoms with Gasteiger partial charge in [0, 0.05) is 29.9 Å². The predicted molar refractivity (Wildman–Crippen MR) is 100 cm³/mol. The van der Waals surface area contributed by atoms with Crippen LogP contribution in [-0.2, 0) is 13.1 Å². The SMILES string of the molecule is CNC(=O)c1ccc(C[NH+](C)Cc2cc(=O)n3c(C)cccc3n2)cc1. The van der Waals surface area contributed by atoms with Crippen molar-refractivity contribution in [2.45, 2.75) is 20.0 Å². The van der Waals surface area contributed by atoms with Crippen molar-refractivity contribution in [1.29, 1.82) is 0 Å². The van der Waals surface area contributed by atoms with Gasteiger partial charge in [-0.25, -0.2) is 4.98 Å². The molecule has 3 aromatic rings. The highest BCUT2D eigenvalue weighted by Gasteiger charge is 2.10. The first kappa shape index (κ1) is 17.8. The van der Waals surface area contributed by atoms with Crippen LogP contribution < -0.4 is 15.8 Å². The van der Waals surface area contributed by atoms with Crippen molar-refractivity contribution in [1.82, 2.24) is 14.7 Å². The first-order valence-corrected chi connectivity index (χ1v) is 8.58. The molecule has 134 valence electrons. The minimum atomic E-state index is -0.0895. The van der Waals surface area contributed by atoms with Gasteiger partial charge in [-0.05, 0) is 31.2 Å². The van der Waals surface area contributed by atoms with Gasteiger partial charge in [-0.3, -0.25) is 14.0 Å². The van der Waals surface area contributed by atoms with Crippen molar-refractivity contribution < 1.29 is 9.69 Å². The summed E-state index contributed by atoms with van der Waals surface area (Å²) in [6, 6.07) is 14.8. The van der Waals surface area contributed by atoms with Crippen LogP contribution in [0, 0.1) is 6.92 Å². The van der Waals surface area contributed by atoms with Crippen LogP contribution in [0.1, 0.15) is 27.3 Å². The van der Waals surface area contributed by atoms with Crippen molar-refractivity contribution in [2.75, 3.05) is 14.1 Å². The number of hydrogen-bond donors (Lipinski definition) is 2. The summed E-state index contributed by atoms with van der Waals surface area (Å²) >= 11 is 0. The van der Waals surface area contributed by atoms with E-state index in [0.29, 0.717) is 17.8 Å². The van der Waals surface area contributed by atoms with Crippen LogP contribution in [-0.4, -0.2) is 29.4 Å². The maximum atomic E-state index is 12.4. The Morgan fingerprint density at radius 3 is 2.58 bits per heavy atom. The van der Waals surface area contributed by atoms with E-state index in [1.165, 1.54) is 4.90 Å². The Kier molecular flexibility index (Phi) is 5.14. The summed E-state index contributed by atoms with van der Waals surface area (Å²) in [5.74, 6) is -0.0895. The Balaban J connectivity index is 1.74. The lowest BCUT2D eigenvalue weighted by molar-refractivity contribution is -0.908. The number of fused-ring (bicyclic) bond motifs is 1. The Morgan fingerprint density at radius 1 is 1.15 bits per heavy atom. The minimum absolute atomic E-state index is 0.0502. The second-order valence-electron chi connectivity index (χ2n) is 6.53. The van der Waals surface area contributed by atoms with E-state index in [1.807, 2.05) is 49.4 Å². The fraction of sp³-hybridized carbons (Fsp3) is 0.250. The highest BCUT2D eigenvalue weighted by atomic mass is 16.1. The Bertz CT molecular complexity index is 993. The number of nitrogens with one attached hydrogen (secondary N) is 2. The van der Waals surface area contributed by atoms with E-state index in [9.17, 15) is 9.59 Å². The van der Waals surface area contributed by atoms with Crippen molar-refractivity contribution in [3.05, 3.63) is 81.4 Å². The number of pyridine rings is 1. The van der Waals surface area contributed by atoms with Crippen LogP contribution in [0.15, 0.2) is 53.3 Å². The number of rotatable bonds is 5. The average Bonchev–Trinajstić information content (AvgIpc) is 2.61. The lowest BCUT2D eigenvalue weighted by atomic mass is 10.1. The first-order chi connectivity index (χ1) is 12.5. The van der Waals surface area contributed by atoms with Gasteiger partial charge in [-0.15, -0.1) is 0 Å². The van der Waals surface area contributed by atoms with Crippen molar-refractivity contribution in [3.8, 4) is 0 Å². The molecule has 0 fully saturated rings. The molecule has 1 unspecified atom stereocenters. The molecule has 0 saturated carbocycles. The van der Waals surface area contributed by atoms with Crippen LogP contribution in [0.25, 0.3) is 5.65 Å². The molecule has 6 heteroatoms. The molecule has 2 aromatic heterocycles. The molecule has 0 aliphatic heterocycles. The summed E-state index contributed by atoms with van der Waals surface area (Å²) in [5.41, 5.74) is 4.06. The third-order valence-corrected chi connectivity index (χ3v) is 4.37. The van der Waals surface area contributed by atoms with E-state index >= 15 is 0 Å². The number of nitrogens with zero attached hydrogens (tertiary/aromatic N) is 2. The van der Waals surface area contributed by atoms with Crippen molar-refractivity contribution in [3.63, 3.8) is 0 Å². The molecule has 6 nitrogen and oxygen atoms in total. The smallest absolute Gasteiger partial charge is 0.258 e. The maximum Gasteiger partial charge on any atom is 0.258 e.